The van der Waals surface area contributed by atoms with Crippen LogP contribution in [0.15, 0.2) is 193 Å². The molecule has 242 valence electrons. The maximum absolute atomic E-state index is 2.41. The SMILES string of the molecule is CN1c2ccc(N3c4ccccc4Sc4ccccc43)cc2Sc2cc(N3c4ccccc4Sc4ccccc43)ccc21.Cc1ccccc1. The van der Waals surface area contributed by atoms with E-state index >= 15 is 0 Å². The van der Waals surface area contributed by atoms with E-state index in [-0.39, 0.29) is 0 Å². The Kier molecular flexibility index (Phi) is 8.08. The summed E-state index contributed by atoms with van der Waals surface area (Å²) in [6.07, 6.45) is 0. The fraction of sp³-hybridized carbons (Fsp3) is 0.0455. The monoisotopic (exact) mass is 699 g/mol. The zero-order chi connectivity index (χ0) is 33.6. The molecule has 6 heteroatoms. The first-order valence-electron chi connectivity index (χ1n) is 16.7. The van der Waals surface area contributed by atoms with Gasteiger partial charge in [-0.1, -0.05) is 120 Å². The zero-order valence-corrected chi connectivity index (χ0v) is 30.1. The largest absolute Gasteiger partial charge is 0.343 e. The van der Waals surface area contributed by atoms with Crippen molar-refractivity contribution >= 4 is 80.8 Å². The molecule has 3 aliphatic heterocycles. The lowest BCUT2D eigenvalue weighted by Gasteiger charge is -2.36. The Hall–Kier alpha value is -5.01. The number of aryl methyl sites for hydroxylation is 1. The second kappa shape index (κ2) is 13.0. The van der Waals surface area contributed by atoms with Gasteiger partial charge in [-0.3, -0.25) is 0 Å². The van der Waals surface area contributed by atoms with Gasteiger partial charge in [0, 0.05) is 47.8 Å². The number of rotatable bonds is 2. The van der Waals surface area contributed by atoms with Crippen LogP contribution in [0.25, 0.3) is 0 Å². The quantitative estimate of drug-likeness (QED) is 0.176. The number of para-hydroxylation sites is 4. The van der Waals surface area contributed by atoms with E-state index in [1.165, 1.54) is 80.4 Å². The van der Waals surface area contributed by atoms with E-state index in [1.807, 2.05) is 53.5 Å². The van der Waals surface area contributed by atoms with Crippen LogP contribution < -0.4 is 14.7 Å². The first-order chi connectivity index (χ1) is 24.6. The fourth-order valence-corrected chi connectivity index (χ4v) is 10.1. The fourth-order valence-electron chi connectivity index (χ4n) is 6.75. The molecule has 0 unspecified atom stereocenters. The summed E-state index contributed by atoms with van der Waals surface area (Å²) in [7, 11) is 2.18. The Labute approximate surface area is 306 Å². The molecule has 0 fully saturated rings. The van der Waals surface area contributed by atoms with Crippen LogP contribution in [0.4, 0.5) is 45.5 Å². The summed E-state index contributed by atoms with van der Waals surface area (Å²) in [5, 5.41) is 0. The van der Waals surface area contributed by atoms with Gasteiger partial charge >= 0.3 is 0 Å². The van der Waals surface area contributed by atoms with Crippen molar-refractivity contribution in [3.63, 3.8) is 0 Å². The van der Waals surface area contributed by atoms with Crippen LogP contribution in [0.1, 0.15) is 5.56 Å². The smallest absolute Gasteiger partial charge is 0.0601 e. The van der Waals surface area contributed by atoms with E-state index in [0.29, 0.717) is 0 Å². The molecule has 0 saturated carbocycles. The molecule has 0 aromatic heterocycles. The van der Waals surface area contributed by atoms with Gasteiger partial charge in [-0.15, -0.1) is 0 Å². The Morgan fingerprint density at radius 1 is 0.340 bits per heavy atom. The molecule has 0 radical (unpaired) electrons. The molecule has 7 aromatic carbocycles. The minimum atomic E-state index is 1.18. The van der Waals surface area contributed by atoms with Gasteiger partial charge in [0.1, 0.15) is 0 Å². The van der Waals surface area contributed by atoms with Crippen molar-refractivity contribution in [1.29, 1.82) is 0 Å². The minimum absolute atomic E-state index is 1.18. The van der Waals surface area contributed by atoms with Crippen LogP contribution in [0.3, 0.4) is 0 Å². The standard InChI is InChI=1S/C37H25N3S3.C7H8/c1-38-26-20-18-24(39-28-10-2-6-14-32(28)41-33-15-7-3-11-29(33)39)22-36(26)43-37-23-25(19-21-27(37)38)40-30-12-4-8-16-34(30)42-35-17-9-5-13-31(35)40;1-7-5-3-2-4-6-7/h2-23H,1H3;2-6H,1H3. The number of anilines is 8. The van der Waals surface area contributed by atoms with Crippen molar-refractivity contribution < 1.29 is 0 Å². The maximum Gasteiger partial charge on any atom is 0.0601 e. The van der Waals surface area contributed by atoms with Crippen LogP contribution in [-0.4, -0.2) is 7.05 Å². The number of hydrogen-bond donors (Lipinski definition) is 0. The first kappa shape index (κ1) is 31.0. The molecule has 0 aliphatic carbocycles. The second-order valence-corrected chi connectivity index (χ2v) is 15.6. The maximum atomic E-state index is 2.41. The molecule has 0 bridgehead atoms. The summed E-state index contributed by atoms with van der Waals surface area (Å²) in [6.45, 7) is 2.08. The normalized spacial score (nSPS) is 13.4. The summed E-state index contributed by atoms with van der Waals surface area (Å²) >= 11 is 5.55. The third-order valence-electron chi connectivity index (χ3n) is 9.15. The summed E-state index contributed by atoms with van der Waals surface area (Å²) in [4.78, 5) is 14.8. The van der Waals surface area contributed by atoms with Gasteiger partial charge in [0.15, 0.2) is 0 Å². The van der Waals surface area contributed by atoms with E-state index in [9.17, 15) is 0 Å². The van der Waals surface area contributed by atoms with Gasteiger partial charge in [-0.05, 0) is 91.9 Å². The molecule has 3 aliphatic rings. The van der Waals surface area contributed by atoms with Gasteiger partial charge in [-0.25, -0.2) is 0 Å². The van der Waals surface area contributed by atoms with Crippen LogP contribution in [-0.2, 0) is 0 Å². The van der Waals surface area contributed by atoms with Crippen molar-refractivity contribution in [3.8, 4) is 0 Å². The second-order valence-electron chi connectivity index (χ2n) is 12.4. The van der Waals surface area contributed by atoms with Gasteiger partial charge in [0.25, 0.3) is 0 Å². The molecule has 3 nitrogen and oxygen atoms in total. The summed E-state index contributed by atoms with van der Waals surface area (Å²) in [5.74, 6) is 0. The highest BCUT2D eigenvalue weighted by Gasteiger charge is 2.29. The van der Waals surface area contributed by atoms with Gasteiger partial charge in [0.05, 0.1) is 34.1 Å². The van der Waals surface area contributed by atoms with Crippen LogP contribution in [0.5, 0.6) is 0 Å². The lowest BCUT2D eigenvalue weighted by Crippen LogP contribution is -2.18. The van der Waals surface area contributed by atoms with Gasteiger partial charge in [-0.2, -0.15) is 0 Å². The number of hydrogen-bond acceptors (Lipinski definition) is 6. The average molecular weight is 700 g/mol. The predicted octanol–water partition coefficient (Wildman–Crippen LogP) is 13.8. The highest BCUT2D eigenvalue weighted by molar-refractivity contribution is 8.00. The lowest BCUT2D eigenvalue weighted by molar-refractivity contribution is 1.09. The van der Waals surface area contributed by atoms with E-state index in [2.05, 4.69) is 174 Å². The van der Waals surface area contributed by atoms with Gasteiger partial charge in [0.2, 0.25) is 0 Å². The van der Waals surface area contributed by atoms with E-state index in [4.69, 9.17) is 0 Å². The molecular formula is C44H33N3S3. The molecule has 0 spiro atoms. The Bertz CT molecular complexity index is 2140. The molecule has 0 amide bonds. The Morgan fingerprint density at radius 3 is 1.04 bits per heavy atom. The molecular weight excluding hydrogens is 667 g/mol. The van der Waals surface area contributed by atoms with Crippen molar-refractivity contribution in [2.75, 3.05) is 21.7 Å². The molecule has 0 atom stereocenters. The summed E-state index contributed by atoms with van der Waals surface area (Å²) in [5.41, 5.74) is 11.0. The van der Waals surface area contributed by atoms with Crippen LogP contribution in [0, 0.1) is 6.92 Å². The first-order valence-corrected chi connectivity index (χ1v) is 19.1. The Morgan fingerprint density at radius 2 is 0.680 bits per heavy atom. The van der Waals surface area contributed by atoms with Crippen molar-refractivity contribution in [2.24, 2.45) is 0 Å². The molecule has 0 saturated heterocycles. The highest BCUT2D eigenvalue weighted by Crippen LogP contribution is 2.56. The third-order valence-corrected chi connectivity index (χ3v) is 12.5. The predicted molar refractivity (Wildman–Crippen MR) is 214 cm³/mol. The molecule has 50 heavy (non-hydrogen) atoms. The molecule has 7 aromatic rings. The minimum Gasteiger partial charge on any atom is -0.343 e. The summed E-state index contributed by atoms with van der Waals surface area (Å²) in [6, 6.07) is 58.9. The van der Waals surface area contributed by atoms with E-state index in [1.54, 1.807) is 0 Å². The summed E-state index contributed by atoms with van der Waals surface area (Å²) < 4.78 is 0. The number of fused-ring (bicyclic) bond motifs is 6. The van der Waals surface area contributed by atoms with Crippen LogP contribution >= 0.6 is 35.3 Å². The molecule has 0 N–H and O–H groups in total. The topological polar surface area (TPSA) is 9.72 Å². The molecule has 3 heterocycles. The number of benzene rings is 7. The average Bonchev–Trinajstić information content (AvgIpc) is 3.16. The zero-order valence-electron chi connectivity index (χ0n) is 27.7. The van der Waals surface area contributed by atoms with Crippen LogP contribution in [0.2, 0.25) is 0 Å². The molecule has 10 rings (SSSR count). The van der Waals surface area contributed by atoms with Crippen molar-refractivity contribution in [3.05, 3.63) is 169 Å². The Balaban J connectivity index is 0.000000432. The highest BCUT2D eigenvalue weighted by atomic mass is 32.2. The third kappa shape index (κ3) is 5.54. The van der Waals surface area contributed by atoms with Gasteiger partial charge < -0.3 is 14.7 Å². The van der Waals surface area contributed by atoms with Crippen molar-refractivity contribution in [2.45, 2.75) is 36.3 Å². The van der Waals surface area contributed by atoms with E-state index < -0.39 is 0 Å². The van der Waals surface area contributed by atoms with E-state index in [0.717, 1.165) is 0 Å². The lowest BCUT2D eigenvalue weighted by atomic mass is 10.1. The number of nitrogens with zero attached hydrogens (tertiary/aromatic N) is 3. The van der Waals surface area contributed by atoms with Crippen molar-refractivity contribution in [1.82, 2.24) is 0 Å².